The molecule has 154 valence electrons. The topological polar surface area (TPSA) is 80.8 Å². The highest BCUT2D eigenvalue weighted by molar-refractivity contribution is 6.29. The lowest BCUT2D eigenvalue weighted by molar-refractivity contribution is -0.134. The van der Waals surface area contributed by atoms with Crippen molar-refractivity contribution in [2.24, 2.45) is 0 Å². The predicted molar refractivity (Wildman–Crippen MR) is 109 cm³/mol. The molecule has 1 aliphatic heterocycles. The van der Waals surface area contributed by atoms with Gasteiger partial charge < -0.3 is 19.7 Å². The summed E-state index contributed by atoms with van der Waals surface area (Å²) in [6.45, 7) is 2.95. The van der Waals surface area contributed by atoms with E-state index >= 15 is 0 Å². The summed E-state index contributed by atoms with van der Waals surface area (Å²) in [5, 5.41) is 3.02. The Labute approximate surface area is 175 Å². The summed E-state index contributed by atoms with van der Waals surface area (Å²) in [5.41, 5.74) is 0.889. The van der Waals surface area contributed by atoms with Crippen LogP contribution in [0.2, 0.25) is 5.15 Å². The van der Waals surface area contributed by atoms with E-state index in [-0.39, 0.29) is 18.6 Å². The van der Waals surface area contributed by atoms with Gasteiger partial charge in [0.15, 0.2) is 0 Å². The number of nitrogens with one attached hydrogen (secondary N) is 1. The normalized spacial score (nSPS) is 15.4. The summed E-state index contributed by atoms with van der Waals surface area (Å²) in [6, 6.07) is 12.2. The third kappa shape index (κ3) is 6.35. The molecule has 0 spiro atoms. The minimum atomic E-state index is -0.656. The van der Waals surface area contributed by atoms with Crippen molar-refractivity contribution in [3.8, 4) is 5.75 Å². The highest BCUT2D eigenvalue weighted by atomic mass is 35.5. The Kier molecular flexibility index (Phi) is 7.30. The number of carbonyl (C=O) groups is 2. The van der Waals surface area contributed by atoms with Crippen molar-refractivity contribution in [1.29, 1.82) is 0 Å². The number of likely N-dealkylation sites (tertiary alicyclic amines) is 1. The molecular formula is C21H24ClN3O4. The number of pyridine rings is 1. The molecule has 1 aromatic carbocycles. The maximum absolute atomic E-state index is 12.6. The summed E-state index contributed by atoms with van der Waals surface area (Å²) >= 11 is 5.78. The number of hydrogen-bond donors (Lipinski definition) is 1. The molecule has 2 heterocycles. The van der Waals surface area contributed by atoms with Crippen molar-refractivity contribution in [3.63, 3.8) is 0 Å². The molecule has 3 rings (SSSR count). The molecule has 7 nitrogen and oxygen atoms in total. The van der Waals surface area contributed by atoms with E-state index in [9.17, 15) is 9.59 Å². The van der Waals surface area contributed by atoms with Gasteiger partial charge in [0.05, 0.1) is 6.20 Å². The average molecular weight is 418 g/mol. The van der Waals surface area contributed by atoms with Crippen molar-refractivity contribution in [2.75, 3.05) is 13.1 Å². The predicted octanol–water partition coefficient (Wildman–Crippen LogP) is 3.42. The van der Waals surface area contributed by atoms with Gasteiger partial charge in [-0.05, 0) is 24.6 Å². The van der Waals surface area contributed by atoms with Gasteiger partial charge in [-0.15, -0.1) is 0 Å². The molecule has 0 unspecified atom stereocenters. The van der Waals surface area contributed by atoms with E-state index in [2.05, 4.69) is 10.3 Å². The van der Waals surface area contributed by atoms with Crippen molar-refractivity contribution in [1.82, 2.24) is 15.2 Å². The third-order valence-electron chi connectivity index (χ3n) is 4.67. The smallest absolute Gasteiger partial charge is 0.408 e. The fourth-order valence-electron chi connectivity index (χ4n) is 3.10. The molecule has 1 N–H and O–H groups in total. The molecule has 1 saturated heterocycles. The maximum Gasteiger partial charge on any atom is 0.408 e. The zero-order chi connectivity index (χ0) is 20.6. The lowest BCUT2D eigenvalue weighted by atomic mass is 10.1. The second-order valence-electron chi connectivity index (χ2n) is 6.89. The van der Waals surface area contributed by atoms with E-state index in [4.69, 9.17) is 21.1 Å². The highest BCUT2D eigenvalue weighted by Crippen LogP contribution is 2.20. The average Bonchev–Trinajstić information content (AvgIpc) is 2.74. The van der Waals surface area contributed by atoms with Crippen molar-refractivity contribution < 1.29 is 19.1 Å². The Morgan fingerprint density at radius 3 is 2.59 bits per heavy atom. The van der Waals surface area contributed by atoms with Crippen LogP contribution in [0.3, 0.4) is 0 Å². The summed E-state index contributed by atoms with van der Waals surface area (Å²) in [7, 11) is 0. The number of ether oxygens (including phenoxy) is 2. The lowest BCUT2D eigenvalue weighted by Gasteiger charge is -2.33. The largest absolute Gasteiger partial charge is 0.489 e. The monoisotopic (exact) mass is 417 g/mol. The van der Waals surface area contributed by atoms with Gasteiger partial charge in [0.25, 0.3) is 0 Å². The Morgan fingerprint density at radius 1 is 1.21 bits per heavy atom. The van der Waals surface area contributed by atoms with Crippen LogP contribution < -0.4 is 10.1 Å². The lowest BCUT2D eigenvalue weighted by Crippen LogP contribution is -2.50. The second kappa shape index (κ2) is 10.1. The van der Waals surface area contributed by atoms with E-state index < -0.39 is 12.1 Å². The number of alkyl carbamates (subject to hydrolysis) is 1. The Bertz CT molecular complexity index is 808. The molecule has 1 atom stereocenters. The number of carbonyl (C=O) groups excluding carboxylic acids is 2. The summed E-state index contributed by atoms with van der Waals surface area (Å²) in [6.07, 6.45) is 2.41. The fourth-order valence-corrected chi connectivity index (χ4v) is 3.21. The quantitative estimate of drug-likeness (QED) is 0.728. The number of piperidine rings is 1. The van der Waals surface area contributed by atoms with E-state index in [1.54, 1.807) is 30.2 Å². The number of halogens is 1. The van der Waals surface area contributed by atoms with Gasteiger partial charge in [-0.3, -0.25) is 4.79 Å². The molecule has 2 amide bonds. The number of amides is 2. The number of rotatable bonds is 6. The summed E-state index contributed by atoms with van der Waals surface area (Å²) in [5.74, 6) is 0.531. The van der Waals surface area contributed by atoms with Gasteiger partial charge in [0.1, 0.15) is 29.7 Å². The molecule has 0 radical (unpaired) electrons. The van der Waals surface area contributed by atoms with Crippen molar-refractivity contribution in [3.05, 3.63) is 59.4 Å². The Balaban J connectivity index is 1.40. The van der Waals surface area contributed by atoms with Crippen LogP contribution in [0.1, 0.15) is 25.3 Å². The van der Waals surface area contributed by atoms with Crippen molar-refractivity contribution in [2.45, 2.75) is 38.5 Å². The number of nitrogens with zero attached hydrogens (tertiary/aromatic N) is 2. The molecule has 29 heavy (non-hydrogen) atoms. The van der Waals surface area contributed by atoms with Crippen LogP contribution in [0.5, 0.6) is 5.75 Å². The fraction of sp³-hybridized carbons (Fsp3) is 0.381. The Hall–Kier alpha value is -2.80. The maximum atomic E-state index is 12.6. The van der Waals surface area contributed by atoms with E-state index in [0.29, 0.717) is 36.8 Å². The first kappa shape index (κ1) is 20.9. The summed E-state index contributed by atoms with van der Waals surface area (Å²) < 4.78 is 11.1. The third-order valence-corrected chi connectivity index (χ3v) is 4.90. The minimum Gasteiger partial charge on any atom is -0.489 e. The van der Waals surface area contributed by atoms with Crippen molar-refractivity contribution >= 4 is 23.6 Å². The van der Waals surface area contributed by atoms with Crippen LogP contribution in [0.4, 0.5) is 4.79 Å². The molecule has 2 aromatic rings. The number of benzene rings is 1. The SMILES string of the molecule is C[C@H](NC(=O)OCc1ccccc1)C(=O)N1CCC(Oc2ccc(Cl)nc2)CC1. The van der Waals surface area contributed by atoms with Crippen LogP contribution in [0.25, 0.3) is 0 Å². The van der Waals surface area contributed by atoms with E-state index in [1.807, 2.05) is 30.3 Å². The summed E-state index contributed by atoms with van der Waals surface area (Å²) in [4.78, 5) is 30.3. The molecule has 8 heteroatoms. The Morgan fingerprint density at radius 2 is 1.93 bits per heavy atom. The second-order valence-corrected chi connectivity index (χ2v) is 7.27. The van der Waals surface area contributed by atoms with Gasteiger partial charge in [0, 0.05) is 25.9 Å². The van der Waals surface area contributed by atoms with Gasteiger partial charge in [-0.1, -0.05) is 41.9 Å². The molecule has 0 saturated carbocycles. The molecule has 0 aliphatic carbocycles. The highest BCUT2D eigenvalue weighted by Gasteiger charge is 2.28. The van der Waals surface area contributed by atoms with Gasteiger partial charge in [-0.2, -0.15) is 0 Å². The standard InChI is InChI=1S/C21H24ClN3O4/c1-15(24-21(27)28-14-16-5-3-2-4-6-16)20(26)25-11-9-17(10-12-25)29-18-7-8-19(22)23-13-18/h2-8,13,15,17H,9-12,14H2,1H3,(H,24,27)/t15-/m0/s1. The van der Waals surface area contributed by atoms with Gasteiger partial charge >= 0.3 is 6.09 Å². The molecule has 0 bridgehead atoms. The van der Waals surface area contributed by atoms with Gasteiger partial charge in [-0.25, -0.2) is 9.78 Å². The van der Waals surface area contributed by atoms with Crippen LogP contribution in [-0.2, 0) is 16.1 Å². The van der Waals surface area contributed by atoms with Crippen LogP contribution in [-0.4, -0.2) is 47.1 Å². The van der Waals surface area contributed by atoms with E-state index in [0.717, 1.165) is 5.56 Å². The van der Waals surface area contributed by atoms with Crippen LogP contribution >= 0.6 is 11.6 Å². The van der Waals surface area contributed by atoms with Crippen LogP contribution in [0.15, 0.2) is 48.7 Å². The molecular weight excluding hydrogens is 394 g/mol. The molecule has 1 aliphatic rings. The van der Waals surface area contributed by atoms with Gasteiger partial charge in [0.2, 0.25) is 5.91 Å². The number of aromatic nitrogens is 1. The zero-order valence-corrected chi connectivity index (χ0v) is 17.0. The first-order valence-electron chi connectivity index (χ1n) is 9.55. The van der Waals surface area contributed by atoms with Crippen LogP contribution in [0, 0.1) is 0 Å². The minimum absolute atomic E-state index is 0.0149. The van der Waals surface area contributed by atoms with E-state index in [1.165, 1.54) is 0 Å². The zero-order valence-electron chi connectivity index (χ0n) is 16.2. The first-order valence-corrected chi connectivity index (χ1v) is 9.93. The molecule has 1 fully saturated rings. The number of hydrogen-bond acceptors (Lipinski definition) is 5. The molecule has 1 aromatic heterocycles. The first-order chi connectivity index (χ1) is 14.0.